The molecule has 0 aromatic heterocycles. The van der Waals surface area contributed by atoms with Crippen LogP contribution in [0.5, 0.6) is 5.75 Å². The highest BCUT2D eigenvalue weighted by atomic mass is 16.5. The SMILES string of the molecule is CCCN[C@H]1[C@H]2Cc3ccc(OC)cc3[C@]1(C)C(C)=CN2C. The van der Waals surface area contributed by atoms with Crippen molar-refractivity contribution in [2.24, 2.45) is 0 Å². The standard InChI is InChI=1S/C19H28N2O/c1-6-9-20-18-17-10-14-7-8-15(22-5)11-16(14)19(18,3)13(2)12-21(17)4/h7-8,11-12,17-18,20H,6,9-10H2,1-5H3/t17-,18+,19+/m1/s1. The van der Waals surface area contributed by atoms with Crippen LogP contribution < -0.4 is 10.1 Å². The molecule has 1 aliphatic heterocycles. The normalized spacial score (nSPS) is 29.9. The molecule has 0 unspecified atom stereocenters. The van der Waals surface area contributed by atoms with E-state index in [-0.39, 0.29) is 5.41 Å². The number of likely N-dealkylation sites (N-methyl/N-ethyl adjacent to an activating group) is 1. The Hall–Kier alpha value is -1.48. The lowest BCUT2D eigenvalue weighted by Gasteiger charge is -2.54. The van der Waals surface area contributed by atoms with E-state index in [0.717, 1.165) is 25.1 Å². The summed E-state index contributed by atoms with van der Waals surface area (Å²) in [4.78, 5) is 2.40. The third-order valence-corrected chi connectivity index (χ3v) is 5.67. The largest absolute Gasteiger partial charge is 0.497 e. The number of methoxy groups -OCH3 is 1. The first-order chi connectivity index (χ1) is 10.5. The zero-order valence-electron chi connectivity index (χ0n) is 14.4. The molecule has 1 aliphatic carbocycles. The summed E-state index contributed by atoms with van der Waals surface area (Å²) in [5.41, 5.74) is 4.35. The maximum absolute atomic E-state index is 5.49. The summed E-state index contributed by atoms with van der Waals surface area (Å²) in [6.45, 7) is 7.96. The minimum absolute atomic E-state index is 0.0362. The number of ether oxygens (including phenoxy) is 1. The van der Waals surface area contributed by atoms with Crippen LogP contribution in [-0.2, 0) is 11.8 Å². The van der Waals surface area contributed by atoms with E-state index in [0.29, 0.717) is 12.1 Å². The summed E-state index contributed by atoms with van der Waals surface area (Å²) >= 11 is 0. The number of hydrogen-bond acceptors (Lipinski definition) is 3. The number of benzene rings is 1. The highest BCUT2D eigenvalue weighted by Gasteiger charge is 2.50. The van der Waals surface area contributed by atoms with Crippen molar-refractivity contribution in [2.45, 2.75) is 51.1 Å². The third kappa shape index (κ3) is 2.14. The molecule has 0 saturated heterocycles. The summed E-state index contributed by atoms with van der Waals surface area (Å²) in [5, 5.41) is 3.83. The fourth-order valence-corrected chi connectivity index (χ4v) is 4.25. The van der Waals surface area contributed by atoms with E-state index >= 15 is 0 Å². The molecule has 3 rings (SSSR count). The average molecular weight is 300 g/mol. The van der Waals surface area contributed by atoms with Gasteiger partial charge in [-0.05, 0) is 61.3 Å². The van der Waals surface area contributed by atoms with E-state index in [2.05, 4.69) is 62.4 Å². The second kappa shape index (κ2) is 5.62. The Balaban J connectivity index is 2.14. The first kappa shape index (κ1) is 15.4. The van der Waals surface area contributed by atoms with Crippen LogP contribution in [0.3, 0.4) is 0 Å². The topological polar surface area (TPSA) is 24.5 Å². The van der Waals surface area contributed by atoms with Crippen LogP contribution in [0.2, 0.25) is 0 Å². The minimum atomic E-state index is 0.0362. The minimum Gasteiger partial charge on any atom is -0.497 e. The smallest absolute Gasteiger partial charge is 0.119 e. The predicted molar refractivity (Wildman–Crippen MR) is 91.4 cm³/mol. The van der Waals surface area contributed by atoms with Gasteiger partial charge in [0, 0.05) is 24.5 Å². The molecule has 0 amide bonds. The number of hydrogen-bond donors (Lipinski definition) is 1. The fourth-order valence-electron chi connectivity index (χ4n) is 4.25. The molecule has 3 nitrogen and oxygen atoms in total. The zero-order chi connectivity index (χ0) is 15.9. The van der Waals surface area contributed by atoms with Gasteiger partial charge in [0.25, 0.3) is 0 Å². The van der Waals surface area contributed by atoms with E-state index in [4.69, 9.17) is 4.74 Å². The van der Waals surface area contributed by atoms with Gasteiger partial charge in [0.2, 0.25) is 0 Å². The number of nitrogens with one attached hydrogen (secondary N) is 1. The van der Waals surface area contributed by atoms with Crippen LogP contribution >= 0.6 is 0 Å². The summed E-state index contributed by atoms with van der Waals surface area (Å²) in [5.74, 6) is 0.958. The van der Waals surface area contributed by atoms with E-state index < -0.39 is 0 Å². The fraction of sp³-hybridized carbons (Fsp3) is 0.579. The van der Waals surface area contributed by atoms with Crippen LogP contribution in [0.25, 0.3) is 0 Å². The van der Waals surface area contributed by atoms with Crippen LogP contribution in [0.4, 0.5) is 0 Å². The zero-order valence-corrected chi connectivity index (χ0v) is 14.4. The Labute approximate surface area is 134 Å². The second-order valence-electron chi connectivity index (χ2n) is 6.91. The van der Waals surface area contributed by atoms with Gasteiger partial charge < -0.3 is 15.0 Å². The molecule has 0 saturated carbocycles. The van der Waals surface area contributed by atoms with Gasteiger partial charge >= 0.3 is 0 Å². The molecule has 0 fully saturated rings. The predicted octanol–water partition coefficient (Wildman–Crippen LogP) is 3.10. The highest BCUT2D eigenvalue weighted by Crippen LogP contribution is 2.47. The lowest BCUT2D eigenvalue weighted by molar-refractivity contribution is 0.156. The van der Waals surface area contributed by atoms with Crippen molar-refractivity contribution in [2.75, 3.05) is 20.7 Å². The molecule has 3 heteroatoms. The van der Waals surface area contributed by atoms with Crippen molar-refractivity contribution in [3.8, 4) is 5.75 Å². The maximum Gasteiger partial charge on any atom is 0.119 e. The molecule has 1 heterocycles. The molecule has 0 spiro atoms. The van der Waals surface area contributed by atoms with Gasteiger partial charge in [0.15, 0.2) is 0 Å². The second-order valence-corrected chi connectivity index (χ2v) is 6.91. The average Bonchev–Trinajstić information content (AvgIpc) is 2.52. The van der Waals surface area contributed by atoms with Crippen molar-refractivity contribution in [3.63, 3.8) is 0 Å². The van der Waals surface area contributed by atoms with E-state index in [1.807, 2.05) is 0 Å². The van der Waals surface area contributed by atoms with Gasteiger partial charge in [0.05, 0.1) is 7.11 Å². The summed E-state index contributed by atoms with van der Waals surface area (Å²) in [6.07, 6.45) is 4.59. The van der Waals surface area contributed by atoms with Gasteiger partial charge in [-0.2, -0.15) is 0 Å². The molecule has 1 aromatic carbocycles. The lowest BCUT2D eigenvalue weighted by atomic mass is 9.60. The van der Waals surface area contributed by atoms with E-state index in [9.17, 15) is 0 Å². The lowest BCUT2D eigenvalue weighted by Crippen LogP contribution is -2.64. The van der Waals surface area contributed by atoms with Crippen LogP contribution in [0, 0.1) is 0 Å². The van der Waals surface area contributed by atoms with Gasteiger partial charge in [-0.3, -0.25) is 0 Å². The molecule has 1 aromatic rings. The highest BCUT2D eigenvalue weighted by molar-refractivity contribution is 5.51. The van der Waals surface area contributed by atoms with Gasteiger partial charge in [0.1, 0.15) is 5.75 Å². The van der Waals surface area contributed by atoms with Gasteiger partial charge in [-0.15, -0.1) is 0 Å². The number of fused-ring (bicyclic) bond motifs is 4. The molecule has 2 aliphatic rings. The Bertz CT molecular complexity index is 595. The van der Waals surface area contributed by atoms with Gasteiger partial charge in [-0.25, -0.2) is 0 Å². The number of rotatable bonds is 4. The monoisotopic (exact) mass is 300 g/mol. The quantitative estimate of drug-likeness (QED) is 0.925. The van der Waals surface area contributed by atoms with Crippen LogP contribution in [-0.4, -0.2) is 37.7 Å². The van der Waals surface area contributed by atoms with E-state index in [1.54, 1.807) is 7.11 Å². The van der Waals surface area contributed by atoms with Crippen molar-refractivity contribution >= 4 is 0 Å². The Morgan fingerprint density at radius 3 is 2.86 bits per heavy atom. The first-order valence-corrected chi connectivity index (χ1v) is 8.34. The summed E-state index contributed by atoms with van der Waals surface area (Å²) in [6, 6.07) is 7.55. The Morgan fingerprint density at radius 2 is 2.18 bits per heavy atom. The first-order valence-electron chi connectivity index (χ1n) is 8.34. The Kier molecular flexibility index (Phi) is 3.94. The van der Waals surface area contributed by atoms with Crippen LogP contribution in [0.1, 0.15) is 38.3 Å². The van der Waals surface area contributed by atoms with Crippen molar-refractivity contribution < 1.29 is 4.74 Å². The molecule has 120 valence electrons. The summed E-state index contributed by atoms with van der Waals surface area (Å²) < 4.78 is 5.49. The van der Waals surface area contributed by atoms with E-state index in [1.165, 1.54) is 16.7 Å². The summed E-state index contributed by atoms with van der Waals surface area (Å²) in [7, 11) is 3.96. The van der Waals surface area contributed by atoms with Crippen LogP contribution in [0.15, 0.2) is 30.0 Å². The molecular formula is C19H28N2O. The van der Waals surface area contributed by atoms with Gasteiger partial charge in [-0.1, -0.05) is 19.9 Å². The molecular weight excluding hydrogens is 272 g/mol. The maximum atomic E-state index is 5.49. The molecule has 3 atom stereocenters. The van der Waals surface area contributed by atoms with Crippen molar-refractivity contribution in [3.05, 3.63) is 41.1 Å². The molecule has 22 heavy (non-hydrogen) atoms. The van der Waals surface area contributed by atoms with Crippen molar-refractivity contribution in [1.29, 1.82) is 0 Å². The molecule has 2 bridgehead atoms. The molecule has 1 N–H and O–H groups in total. The van der Waals surface area contributed by atoms with Crippen molar-refractivity contribution in [1.82, 2.24) is 10.2 Å². The Morgan fingerprint density at radius 1 is 1.41 bits per heavy atom. The third-order valence-electron chi connectivity index (χ3n) is 5.67. The molecule has 0 radical (unpaired) electrons. The number of nitrogens with zero attached hydrogens (tertiary/aromatic N) is 1.